The van der Waals surface area contributed by atoms with Gasteiger partial charge in [0, 0.05) is 11.1 Å². The van der Waals surface area contributed by atoms with E-state index in [-0.39, 0.29) is 4.90 Å². The summed E-state index contributed by atoms with van der Waals surface area (Å²) < 4.78 is 25.1. The minimum absolute atomic E-state index is 0.226. The van der Waals surface area contributed by atoms with Crippen molar-refractivity contribution in [3.8, 4) is 0 Å². The van der Waals surface area contributed by atoms with Crippen molar-refractivity contribution in [1.82, 2.24) is 10.3 Å². The monoisotopic (exact) mass is 324 g/mol. The maximum absolute atomic E-state index is 12.6. The molecule has 0 saturated heterocycles. The van der Waals surface area contributed by atoms with Gasteiger partial charge in [0.05, 0.1) is 4.90 Å². The molecular weight excluding hydrogens is 308 g/mol. The highest BCUT2D eigenvalue weighted by Crippen LogP contribution is 2.22. The first-order valence-corrected chi connectivity index (χ1v) is 8.56. The van der Waals surface area contributed by atoms with E-state index >= 15 is 0 Å². The normalized spacial score (nSPS) is 11.3. The van der Waals surface area contributed by atoms with Crippen molar-refractivity contribution in [3.05, 3.63) is 84.9 Å². The van der Waals surface area contributed by atoms with Gasteiger partial charge < -0.3 is 5.43 Å². The topological polar surface area (TPSA) is 58.2 Å². The number of benzene rings is 3. The van der Waals surface area contributed by atoms with Crippen LogP contribution in [-0.4, -0.2) is 8.42 Å². The van der Waals surface area contributed by atoms with Crippen molar-refractivity contribution in [1.29, 1.82) is 0 Å². The van der Waals surface area contributed by atoms with E-state index < -0.39 is 10.0 Å². The van der Waals surface area contributed by atoms with Crippen LogP contribution in [0.1, 0.15) is 5.56 Å². The second-order valence-corrected chi connectivity index (χ2v) is 6.70. The number of hydrazine groups is 1. The van der Waals surface area contributed by atoms with Gasteiger partial charge in [0.1, 0.15) is 0 Å². The van der Waals surface area contributed by atoms with Crippen LogP contribution in [0.3, 0.4) is 0 Å². The molecule has 4 nitrogen and oxygen atoms in total. The van der Waals surface area contributed by atoms with Crippen LogP contribution in [0.25, 0.3) is 16.5 Å². The average Bonchev–Trinajstić information content (AvgIpc) is 2.60. The van der Waals surface area contributed by atoms with E-state index in [1.165, 1.54) is 0 Å². The van der Waals surface area contributed by atoms with Crippen molar-refractivity contribution in [2.75, 3.05) is 0 Å². The molecule has 116 valence electrons. The lowest BCUT2D eigenvalue weighted by atomic mass is 10.1. The third kappa shape index (κ3) is 3.26. The van der Waals surface area contributed by atoms with Gasteiger partial charge in [-0.15, -0.1) is 4.83 Å². The van der Waals surface area contributed by atoms with Crippen LogP contribution >= 0.6 is 0 Å². The highest BCUT2D eigenvalue weighted by molar-refractivity contribution is 7.89. The predicted octanol–water partition coefficient (Wildman–Crippen LogP) is 3.29. The number of rotatable bonds is 5. The summed E-state index contributed by atoms with van der Waals surface area (Å²) in [5.41, 5.74) is 3.96. The summed E-state index contributed by atoms with van der Waals surface area (Å²) in [6, 6.07) is 21.9. The lowest BCUT2D eigenvalue weighted by Gasteiger charge is -2.13. The summed E-state index contributed by atoms with van der Waals surface area (Å²) in [5, 5.41) is 1.55. The van der Waals surface area contributed by atoms with Gasteiger partial charge in [-0.3, -0.25) is 0 Å². The molecule has 0 aliphatic carbocycles. The van der Waals surface area contributed by atoms with E-state index in [9.17, 15) is 8.42 Å². The van der Waals surface area contributed by atoms with Crippen LogP contribution in [0.2, 0.25) is 0 Å². The third-order valence-electron chi connectivity index (χ3n) is 3.50. The Morgan fingerprint density at radius 1 is 0.826 bits per heavy atom. The molecule has 3 rings (SSSR count). The number of fused-ring (bicyclic) bond motifs is 1. The van der Waals surface area contributed by atoms with Crippen LogP contribution in [0.4, 0.5) is 0 Å². The Kier molecular flexibility index (Phi) is 4.14. The molecule has 0 unspecified atom stereocenters. The molecular formula is C18H16N2O2S. The summed E-state index contributed by atoms with van der Waals surface area (Å²) in [6.07, 6.45) is 0. The summed E-state index contributed by atoms with van der Waals surface area (Å²) >= 11 is 0. The smallest absolute Gasteiger partial charge is 0.257 e. The highest BCUT2D eigenvalue weighted by Gasteiger charge is 2.17. The fraction of sp³-hybridized carbons (Fsp3) is 0. The van der Waals surface area contributed by atoms with Gasteiger partial charge in [-0.05, 0) is 17.0 Å². The lowest BCUT2D eigenvalue weighted by Crippen LogP contribution is -2.35. The molecule has 23 heavy (non-hydrogen) atoms. The fourth-order valence-electron chi connectivity index (χ4n) is 2.33. The summed E-state index contributed by atoms with van der Waals surface area (Å²) in [4.78, 5) is 2.61. The minimum atomic E-state index is -3.71. The molecule has 0 heterocycles. The third-order valence-corrected chi connectivity index (χ3v) is 4.80. The van der Waals surface area contributed by atoms with Gasteiger partial charge in [-0.25, -0.2) is 8.42 Å². The van der Waals surface area contributed by atoms with E-state index in [1.54, 1.807) is 18.2 Å². The summed E-state index contributed by atoms with van der Waals surface area (Å²) in [7, 11) is -3.71. The second-order valence-electron chi connectivity index (χ2n) is 5.05. The molecule has 3 aromatic carbocycles. The lowest BCUT2D eigenvalue weighted by molar-refractivity contribution is 0.577. The Balaban J connectivity index is 1.86. The molecule has 0 fully saturated rings. The average molecular weight is 324 g/mol. The van der Waals surface area contributed by atoms with Gasteiger partial charge in [-0.2, -0.15) is 0 Å². The summed E-state index contributed by atoms with van der Waals surface area (Å²) in [6.45, 7) is 3.85. The largest absolute Gasteiger partial charge is 0.308 e. The van der Waals surface area contributed by atoms with Crippen LogP contribution in [0.15, 0.2) is 84.3 Å². The number of hydrogen-bond acceptors (Lipinski definition) is 3. The van der Waals surface area contributed by atoms with Crippen LogP contribution in [-0.2, 0) is 10.0 Å². The number of hydrogen-bond donors (Lipinski definition) is 2. The van der Waals surface area contributed by atoms with Gasteiger partial charge in [-0.1, -0.05) is 73.3 Å². The van der Waals surface area contributed by atoms with Gasteiger partial charge in [0.25, 0.3) is 10.0 Å². The van der Waals surface area contributed by atoms with E-state index in [0.717, 1.165) is 10.9 Å². The zero-order valence-corrected chi connectivity index (χ0v) is 13.2. The molecule has 0 saturated carbocycles. The summed E-state index contributed by atoms with van der Waals surface area (Å²) in [5.74, 6) is 0. The van der Waals surface area contributed by atoms with E-state index in [0.29, 0.717) is 11.1 Å². The first kappa shape index (κ1) is 15.3. The first-order valence-electron chi connectivity index (χ1n) is 7.08. The Morgan fingerprint density at radius 3 is 2.26 bits per heavy atom. The zero-order chi connectivity index (χ0) is 16.3. The van der Waals surface area contributed by atoms with Crippen molar-refractivity contribution < 1.29 is 8.42 Å². The molecule has 0 bridgehead atoms. The molecule has 3 aromatic rings. The van der Waals surface area contributed by atoms with Crippen molar-refractivity contribution in [2.24, 2.45) is 0 Å². The predicted molar refractivity (Wildman–Crippen MR) is 92.9 cm³/mol. The van der Waals surface area contributed by atoms with Crippen LogP contribution < -0.4 is 10.3 Å². The Morgan fingerprint density at radius 2 is 1.48 bits per heavy atom. The molecule has 5 heteroatoms. The molecule has 0 amide bonds. The SMILES string of the molecule is C=C(NNS(=O)(=O)c1cccc2ccccc12)c1ccccc1. The quantitative estimate of drug-likeness (QED) is 0.708. The molecule has 0 radical (unpaired) electrons. The Hall–Kier alpha value is -2.63. The molecule has 0 aromatic heterocycles. The van der Waals surface area contributed by atoms with Crippen LogP contribution in [0, 0.1) is 0 Å². The van der Waals surface area contributed by atoms with E-state index in [4.69, 9.17) is 0 Å². The Bertz CT molecular complexity index is 946. The molecule has 2 N–H and O–H groups in total. The second kappa shape index (κ2) is 6.24. The molecule has 0 spiro atoms. The van der Waals surface area contributed by atoms with Crippen molar-refractivity contribution in [3.63, 3.8) is 0 Å². The van der Waals surface area contributed by atoms with Crippen LogP contribution in [0.5, 0.6) is 0 Å². The Labute approximate surface area is 135 Å². The minimum Gasteiger partial charge on any atom is -0.308 e. The van der Waals surface area contributed by atoms with E-state index in [1.807, 2.05) is 54.6 Å². The fourth-order valence-corrected chi connectivity index (χ4v) is 3.43. The standard InChI is InChI=1S/C18H16N2O2S/c1-14(15-8-3-2-4-9-15)19-20-23(21,22)18-13-7-11-16-10-5-6-12-17(16)18/h2-13,19-20H,1H2. The number of nitrogens with one attached hydrogen (secondary N) is 2. The molecule has 0 atom stereocenters. The van der Waals surface area contributed by atoms with Crippen molar-refractivity contribution in [2.45, 2.75) is 4.90 Å². The van der Waals surface area contributed by atoms with Gasteiger partial charge in [0.15, 0.2) is 0 Å². The van der Waals surface area contributed by atoms with E-state index in [2.05, 4.69) is 16.8 Å². The zero-order valence-electron chi connectivity index (χ0n) is 12.4. The molecule has 0 aliphatic rings. The first-order chi connectivity index (χ1) is 11.1. The maximum atomic E-state index is 12.6. The maximum Gasteiger partial charge on any atom is 0.257 e. The highest BCUT2D eigenvalue weighted by atomic mass is 32.2. The van der Waals surface area contributed by atoms with Gasteiger partial charge in [0.2, 0.25) is 0 Å². The molecule has 0 aliphatic heterocycles. The van der Waals surface area contributed by atoms with Crippen molar-refractivity contribution >= 4 is 26.5 Å². The number of sulfonamides is 1. The van der Waals surface area contributed by atoms with Gasteiger partial charge >= 0.3 is 0 Å².